The summed E-state index contributed by atoms with van der Waals surface area (Å²) in [6, 6.07) is 0.461. The van der Waals surface area contributed by atoms with Crippen molar-refractivity contribution >= 4 is 11.6 Å². The third kappa shape index (κ3) is 2.87. The van der Waals surface area contributed by atoms with Gasteiger partial charge in [0.2, 0.25) is 0 Å². The van der Waals surface area contributed by atoms with Crippen molar-refractivity contribution in [3.63, 3.8) is 0 Å². The molecule has 0 spiro atoms. The molecule has 1 atom stereocenters. The normalized spacial score (nSPS) is 18.9. The zero-order valence-corrected chi connectivity index (χ0v) is 10.7. The van der Waals surface area contributed by atoms with Gasteiger partial charge in [-0.1, -0.05) is 19.3 Å². The van der Waals surface area contributed by atoms with Crippen LogP contribution in [0.5, 0.6) is 0 Å². The second-order valence-electron chi connectivity index (χ2n) is 5.06. The highest BCUT2D eigenvalue weighted by atomic mass is 15.1. The number of nitrogen functional groups attached to an aromatic ring is 1. The number of anilines is 2. The minimum atomic E-state index is 0.461. The number of nitrogens with zero attached hydrogens (tertiary/aromatic N) is 2. The first-order chi connectivity index (χ1) is 8.18. The SMILES string of the molecule is Cc1c(N)ncnc1NC(C)C1CCCCC1. The zero-order chi connectivity index (χ0) is 12.3. The standard InChI is InChI=1S/C13H22N4/c1-9-12(14)15-8-16-13(9)17-10(2)11-6-4-3-5-7-11/h8,10-11H,3-7H2,1-2H3,(H3,14,15,16,17). The fraction of sp³-hybridized carbons (Fsp3) is 0.692. The molecule has 1 aromatic heterocycles. The van der Waals surface area contributed by atoms with Crippen molar-refractivity contribution in [1.29, 1.82) is 0 Å². The van der Waals surface area contributed by atoms with E-state index >= 15 is 0 Å². The van der Waals surface area contributed by atoms with Gasteiger partial charge in [0.25, 0.3) is 0 Å². The molecule has 1 aliphatic carbocycles. The molecule has 0 aliphatic heterocycles. The van der Waals surface area contributed by atoms with Crippen LogP contribution < -0.4 is 11.1 Å². The van der Waals surface area contributed by atoms with Crippen molar-refractivity contribution < 1.29 is 0 Å². The highest BCUT2D eigenvalue weighted by Gasteiger charge is 2.20. The van der Waals surface area contributed by atoms with Gasteiger partial charge in [-0.15, -0.1) is 0 Å². The van der Waals surface area contributed by atoms with Crippen molar-refractivity contribution in [2.45, 2.75) is 52.0 Å². The Hall–Kier alpha value is -1.32. The van der Waals surface area contributed by atoms with Crippen LogP contribution in [0.4, 0.5) is 11.6 Å². The molecule has 1 unspecified atom stereocenters. The van der Waals surface area contributed by atoms with Crippen LogP contribution in [0.1, 0.15) is 44.6 Å². The van der Waals surface area contributed by atoms with Crippen molar-refractivity contribution in [2.24, 2.45) is 5.92 Å². The molecule has 4 nitrogen and oxygen atoms in total. The Morgan fingerprint density at radius 2 is 2.00 bits per heavy atom. The van der Waals surface area contributed by atoms with Crippen molar-refractivity contribution in [2.75, 3.05) is 11.1 Å². The summed E-state index contributed by atoms with van der Waals surface area (Å²) in [5.74, 6) is 2.22. The van der Waals surface area contributed by atoms with E-state index in [4.69, 9.17) is 5.73 Å². The first-order valence-corrected chi connectivity index (χ1v) is 6.52. The Morgan fingerprint density at radius 1 is 1.29 bits per heavy atom. The fourth-order valence-electron chi connectivity index (χ4n) is 2.58. The topological polar surface area (TPSA) is 63.8 Å². The van der Waals surface area contributed by atoms with E-state index in [9.17, 15) is 0 Å². The molecular formula is C13H22N4. The molecule has 94 valence electrons. The Kier molecular flexibility index (Phi) is 3.82. The van der Waals surface area contributed by atoms with Gasteiger partial charge in [-0.05, 0) is 32.6 Å². The van der Waals surface area contributed by atoms with Crippen LogP contribution >= 0.6 is 0 Å². The van der Waals surface area contributed by atoms with E-state index in [0.29, 0.717) is 11.9 Å². The fourth-order valence-corrected chi connectivity index (χ4v) is 2.58. The number of hydrogen-bond donors (Lipinski definition) is 2. The summed E-state index contributed by atoms with van der Waals surface area (Å²) in [5.41, 5.74) is 6.74. The van der Waals surface area contributed by atoms with Crippen molar-refractivity contribution in [3.8, 4) is 0 Å². The summed E-state index contributed by atoms with van der Waals surface area (Å²) in [5, 5.41) is 3.49. The van der Waals surface area contributed by atoms with Crippen molar-refractivity contribution in [3.05, 3.63) is 11.9 Å². The predicted octanol–water partition coefficient (Wildman–Crippen LogP) is 2.75. The maximum Gasteiger partial charge on any atom is 0.134 e. The van der Waals surface area contributed by atoms with E-state index in [2.05, 4.69) is 22.2 Å². The quantitative estimate of drug-likeness (QED) is 0.844. The minimum Gasteiger partial charge on any atom is -0.383 e. The van der Waals surface area contributed by atoms with E-state index in [1.165, 1.54) is 38.4 Å². The summed E-state index contributed by atoms with van der Waals surface area (Å²) in [4.78, 5) is 8.26. The van der Waals surface area contributed by atoms with Crippen LogP contribution in [0.15, 0.2) is 6.33 Å². The molecule has 3 N–H and O–H groups in total. The minimum absolute atomic E-state index is 0.461. The monoisotopic (exact) mass is 234 g/mol. The third-order valence-electron chi connectivity index (χ3n) is 3.84. The summed E-state index contributed by atoms with van der Waals surface area (Å²) in [6.07, 6.45) is 8.30. The van der Waals surface area contributed by atoms with Crippen LogP contribution in [0.25, 0.3) is 0 Å². The van der Waals surface area contributed by atoms with E-state index < -0.39 is 0 Å². The molecule has 1 aliphatic rings. The van der Waals surface area contributed by atoms with Gasteiger partial charge in [0, 0.05) is 11.6 Å². The molecule has 1 aromatic rings. The van der Waals surface area contributed by atoms with Crippen LogP contribution in [0, 0.1) is 12.8 Å². The van der Waals surface area contributed by atoms with Crippen LogP contribution in [-0.2, 0) is 0 Å². The number of aromatic nitrogens is 2. The molecule has 0 saturated heterocycles. The van der Waals surface area contributed by atoms with Crippen LogP contribution in [-0.4, -0.2) is 16.0 Å². The highest BCUT2D eigenvalue weighted by Crippen LogP contribution is 2.28. The highest BCUT2D eigenvalue weighted by molar-refractivity contribution is 5.54. The summed E-state index contributed by atoms with van der Waals surface area (Å²) < 4.78 is 0. The summed E-state index contributed by atoms with van der Waals surface area (Å²) in [6.45, 7) is 4.21. The molecule has 0 bridgehead atoms. The second-order valence-corrected chi connectivity index (χ2v) is 5.06. The van der Waals surface area contributed by atoms with Gasteiger partial charge in [0.15, 0.2) is 0 Å². The molecule has 1 heterocycles. The number of nitrogens with two attached hydrogens (primary N) is 1. The van der Waals surface area contributed by atoms with Gasteiger partial charge < -0.3 is 11.1 Å². The van der Waals surface area contributed by atoms with Crippen LogP contribution in [0.2, 0.25) is 0 Å². The molecule has 0 radical (unpaired) electrons. The van der Waals surface area contributed by atoms with Gasteiger partial charge in [0.05, 0.1) is 0 Å². The van der Waals surface area contributed by atoms with Gasteiger partial charge in [-0.2, -0.15) is 0 Å². The largest absolute Gasteiger partial charge is 0.383 e. The van der Waals surface area contributed by atoms with E-state index in [0.717, 1.165) is 17.3 Å². The molecule has 1 fully saturated rings. The average Bonchev–Trinajstić information content (AvgIpc) is 2.36. The first kappa shape index (κ1) is 12.1. The molecule has 4 heteroatoms. The smallest absolute Gasteiger partial charge is 0.134 e. The van der Waals surface area contributed by atoms with Crippen LogP contribution in [0.3, 0.4) is 0 Å². The third-order valence-corrected chi connectivity index (χ3v) is 3.84. The number of hydrogen-bond acceptors (Lipinski definition) is 4. The molecular weight excluding hydrogens is 212 g/mol. The first-order valence-electron chi connectivity index (χ1n) is 6.52. The molecule has 1 saturated carbocycles. The van der Waals surface area contributed by atoms with Gasteiger partial charge in [-0.3, -0.25) is 0 Å². The Balaban J connectivity index is 2.01. The lowest BCUT2D eigenvalue weighted by atomic mass is 9.84. The summed E-state index contributed by atoms with van der Waals surface area (Å²) in [7, 11) is 0. The molecule has 0 amide bonds. The van der Waals surface area contributed by atoms with Gasteiger partial charge >= 0.3 is 0 Å². The lowest BCUT2D eigenvalue weighted by Gasteiger charge is -2.29. The van der Waals surface area contributed by atoms with E-state index in [1.54, 1.807) is 0 Å². The molecule has 2 rings (SSSR count). The van der Waals surface area contributed by atoms with E-state index in [-0.39, 0.29) is 0 Å². The molecule has 17 heavy (non-hydrogen) atoms. The number of nitrogens with one attached hydrogen (secondary N) is 1. The second kappa shape index (κ2) is 5.34. The number of rotatable bonds is 3. The Labute approximate surface area is 103 Å². The molecule has 0 aromatic carbocycles. The maximum absolute atomic E-state index is 5.78. The Bertz CT molecular complexity index is 372. The van der Waals surface area contributed by atoms with E-state index in [1.807, 2.05) is 6.92 Å². The predicted molar refractivity (Wildman–Crippen MR) is 70.8 cm³/mol. The lowest BCUT2D eigenvalue weighted by Crippen LogP contribution is -2.28. The Morgan fingerprint density at radius 3 is 2.71 bits per heavy atom. The summed E-state index contributed by atoms with van der Waals surface area (Å²) >= 11 is 0. The van der Waals surface area contributed by atoms with Gasteiger partial charge in [0.1, 0.15) is 18.0 Å². The lowest BCUT2D eigenvalue weighted by molar-refractivity contribution is 0.328. The zero-order valence-electron chi connectivity index (χ0n) is 10.7. The average molecular weight is 234 g/mol. The van der Waals surface area contributed by atoms with Crippen molar-refractivity contribution in [1.82, 2.24) is 9.97 Å². The van der Waals surface area contributed by atoms with Gasteiger partial charge in [-0.25, -0.2) is 9.97 Å². The maximum atomic E-state index is 5.78.